The van der Waals surface area contributed by atoms with Crippen molar-refractivity contribution in [3.8, 4) is 6.07 Å². The van der Waals surface area contributed by atoms with E-state index in [4.69, 9.17) is 10.00 Å². The first-order chi connectivity index (χ1) is 10.9. The van der Waals surface area contributed by atoms with Crippen LogP contribution in [0.3, 0.4) is 0 Å². The summed E-state index contributed by atoms with van der Waals surface area (Å²) in [5.74, 6) is -0.169. The summed E-state index contributed by atoms with van der Waals surface area (Å²) in [6, 6.07) is 8.73. The number of aryl methyl sites for hydroxylation is 1. The zero-order chi connectivity index (χ0) is 17.2. The van der Waals surface area contributed by atoms with E-state index < -0.39 is 12.1 Å². The van der Waals surface area contributed by atoms with Gasteiger partial charge < -0.3 is 15.4 Å². The molecule has 0 aliphatic carbocycles. The van der Waals surface area contributed by atoms with Crippen LogP contribution in [-0.4, -0.2) is 24.6 Å². The van der Waals surface area contributed by atoms with E-state index in [9.17, 15) is 9.59 Å². The molecule has 124 valence electrons. The topological polar surface area (TPSA) is 91.2 Å². The zero-order valence-electron chi connectivity index (χ0n) is 13.8. The molecule has 0 saturated heterocycles. The number of nitriles is 1. The Morgan fingerprint density at radius 3 is 2.61 bits per heavy atom. The maximum Gasteiger partial charge on any atom is 0.408 e. The highest BCUT2D eigenvalue weighted by Gasteiger charge is 2.22. The van der Waals surface area contributed by atoms with Crippen LogP contribution in [-0.2, 0) is 16.1 Å². The monoisotopic (exact) mass is 317 g/mol. The molecule has 2 N–H and O–H groups in total. The summed E-state index contributed by atoms with van der Waals surface area (Å²) in [7, 11) is 0. The van der Waals surface area contributed by atoms with Gasteiger partial charge in [0.15, 0.2) is 0 Å². The first-order valence-corrected chi connectivity index (χ1v) is 7.56. The van der Waals surface area contributed by atoms with Crippen LogP contribution in [0.1, 0.15) is 31.4 Å². The van der Waals surface area contributed by atoms with Gasteiger partial charge in [-0.2, -0.15) is 5.26 Å². The smallest absolute Gasteiger partial charge is 0.408 e. The molecule has 0 heterocycles. The summed E-state index contributed by atoms with van der Waals surface area (Å²) < 4.78 is 5.18. The van der Waals surface area contributed by atoms with Crippen molar-refractivity contribution in [2.45, 2.75) is 39.8 Å². The molecule has 0 bridgehead atoms. The van der Waals surface area contributed by atoms with Gasteiger partial charge in [0.2, 0.25) is 5.91 Å². The van der Waals surface area contributed by atoms with Crippen molar-refractivity contribution in [3.63, 3.8) is 0 Å². The van der Waals surface area contributed by atoms with Gasteiger partial charge in [-0.1, -0.05) is 38.1 Å². The number of rotatable bonds is 7. The maximum atomic E-state index is 12.0. The average molecular weight is 317 g/mol. The van der Waals surface area contributed by atoms with Crippen molar-refractivity contribution < 1.29 is 14.3 Å². The molecule has 1 aromatic carbocycles. The molecule has 1 rings (SSSR count). The third-order valence-electron chi connectivity index (χ3n) is 3.28. The highest BCUT2D eigenvalue weighted by atomic mass is 16.5. The Morgan fingerprint density at radius 2 is 2.00 bits per heavy atom. The largest absolute Gasteiger partial charge is 0.445 e. The number of nitrogens with zero attached hydrogens (tertiary/aromatic N) is 1. The lowest BCUT2D eigenvalue weighted by Crippen LogP contribution is -2.47. The van der Waals surface area contributed by atoms with Crippen LogP contribution in [0.25, 0.3) is 0 Å². The van der Waals surface area contributed by atoms with Crippen molar-refractivity contribution in [2.75, 3.05) is 6.54 Å². The Kier molecular flexibility index (Phi) is 7.61. The second-order valence-corrected chi connectivity index (χ2v) is 5.71. The van der Waals surface area contributed by atoms with Crippen molar-refractivity contribution >= 4 is 12.0 Å². The van der Waals surface area contributed by atoms with Crippen molar-refractivity contribution in [3.05, 3.63) is 35.4 Å². The Bertz CT molecular complexity index is 579. The predicted octanol–water partition coefficient (Wildman–Crippen LogP) is 2.28. The molecule has 0 aliphatic rings. The molecule has 0 aliphatic heterocycles. The maximum absolute atomic E-state index is 12.0. The van der Waals surface area contributed by atoms with Crippen molar-refractivity contribution in [1.82, 2.24) is 10.6 Å². The fourth-order valence-corrected chi connectivity index (χ4v) is 2.05. The Hall–Kier alpha value is -2.55. The number of alkyl carbamates (subject to hydrolysis) is 1. The molecule has 23 heavy (non-hydrogen) atoms. The quantitative estimate of drug-likeness (QED) is 0.755. The van der Waals surface area contributed by atoms with Crippen LogP contribution in [0.4, 0.5) is 4.79 Å². The first kappa shape index (κ1) is 18.5. The van der Waals surface area contributed by atoms with E-state index in [1.54, 1.807) is 0 Å². The van der Waals surface area contributed by atoms with E-state index in [-0.39, 0.29) is 25.0 Å². The number of hydrogen-bond acceptors (Lipinski definition) is 4. The lowest BCUT2D eigenvalue weighted by molar-refractivity contribution is -0.123. The van der Waals surface area contributed by atoms with Crippen molar-refractivity contribution in [1.29, 1.82) is 5.26 Å². The standard InChI is InChI=1S/C17H23N3O3/c1-12(2)10-15(16(21)19-9-8-18)20-17(22)23-11-14-7-5-4-6-13(14)3/h4-7,12,15H,9-11H2,1-3H3,(H,19,21)(H,20,22)/t15-/m0/s1. The summed E-state index contributed by atoms with van der Waals surface area (Å²) in [5, 5.41) is 13.5. The molecule has 0 spiro atoms. The fourth-order valence-electron chi connectivity index (χ4n) is 2.05. The second-order valence-electron chi connectivity index (χ2n) is 5.71. The van der Waals surface area contributed by atoms with Gasteiger partial charge in [0.05, 0.1) is 6.07 Å². The van der Waals surface area contributed by atoms with Crippen LogP contribution in [0, 0.1) is 24.2 Å². The molecule has 0 fully saturated rings. The first-order valence-electron chi connectivity index (χ1n) is 7.56. The number of carbonyl (C=O) groups is 2. The summed E-state index contributed by atoms with van der Waals surface area (Å²) in [6.45, 7) is 5.89. The normalized spacial score (nSPS) is 11.4. The van der Waals surface area contributed by atoms with E-state index in [1.807, 2.05) is 51.1 Å². The SMILES string of the molecule is Cc1ccccc1COC(=O)N[C@@H](CC(C)C)C(=O)NCC#N. The van der Waals surface area contributed by atoms with Gasteiger partial charge in [-0.15, -0.1) is 0 Å². The van der Waals surface area contributed by atoms with Gasteiger partial charge in [0.1, 0.15) is 19.2 Å². The summed E-state index contributed by atoms with van der Waals surface area (Å²) in [5.41, 5.74) is 1.95. The molecule has 6 nitrogen and oxygen atoms in total. The zero-order valence-corrected chi connectivity index (χ0v) is 13.8. The molecule has 2 amide bonds. The van der Waals surface area contributed by atoms with E-state index in [0.717, 1.165) is 11.1 Å². The number of hydrogen-bond donors (Lipinski definition) is 2. The number of benzene rings is 1. The van der Waals surface area contributed by atoms with Crippen LogP contribution >= 0.6 is 0 Å². The van der Waals surface area contributed by atoms with Crippen LogP contribution < -0.4 is 10.6 Å². The van der Waals surface area contributed by atoms with Crippen molar-refractivity contribution in [2.24, 2.45) is 5.92 Å². The summed E-state index contributed by atoms with van der Waals surface area (Å²) in [4.78, 5) is 23.9. The van der Waals surface area contributed by atoms with Crippen LogP contribution in [0.5, 0.6) is 0 Å². The number of carbonyl (C=O) groups excluding carboxylic acids is 2. The Labute approximate surface area is 136 Å². The minimum absolute atomic E-state index is 0.0899. The molecule has 0 saturated carbocycles. The predicted molar refractivity (Wildman–Crippen MR) is 86.4 cm³/mol. The average Bonchev–Trinajstić information content (AvgIpc) is 2.50. The number of nitrogens with one attached hydrogen (secondary N) is 2. The molecule has 6 heteroatoms. The molecule has 0 unspecified atom stereocenters. The van der Waals surface area contributed by atoms with Gasteiger partial charge in [0, 0.05) is 0 Å². The number of ether oxygens (including phenoxy) is 1. The van der Waals surface area contributed by atoms with E-state index in [2.05, 4.69) is 10.6 Å². The van der Waals surface area contributed by atoms with E-state index in [1.165, 1.54) is 0 Å². The molecule has 0 aromatic heterocycles. The Balaban J connectivity index is 2.57. The highest BCUT2D eigenvalue weighted by Crippen LogP contribution is 2.09. The summed E-state index contributed by atoms with van der Waals surface area (Å²) in [6.07, 6.45) is -0.178. The lowest BCUT2D eigenvalue weighted by atomic mass is 10.0. The van der Waals surface area contributed by atoms with Crippen LogP contribution in [0.2, 0.25) is 0 Å². The fraction of sp³-hybridized carbons (Fsp3) is 0.471. The highest BCUT2D eigenvalue weighted by molar-refractivity contribution is 5.85. The van der Waals surface area contributed by atoms with Gasteiger partial charge in [-0.05, 0) is 30.4 Å². The summed E-state index contributed by atoms with van der Waals surface area (Å²) >= 11 is 0. The molecule has 1 atom stereocenters. The van der Waals surface area contributed by atoms with Crippen LogP contribution in [0.15, 0.2) is 24.3 Å². The molecular formula is C17H23N3O3. The third kappa shape index (κ3) is 6.83. The molecule has 0 radical (unpaired) electrons. The van der Waals surface area contributed by atoms with Gasteiger partial charge in [0.25, 0.3) is 0 Å². The number of amides is 2. The molecular weight excluding hydrogens is 294 g/mol. The van der Waals surface area contributed by atoms with E-state index in [0.29, 0.717) is 6.42 Å². The van der Waals surface area contributed by atoms with Gasteiger partial charge in [-0.25, -0.2) is 4.79 Å². The van der Waals surface area contributed by atoms with Gasteiger partial charge >= 0.3 is 6.09 Å². The minimum atomic E-state index is -0.715. The second kappa shape index (κ2) is 9.46. The van der Waals surface area contributed by atoms with E-state index >= 15 is 0 Å². The molecule has 1 aromatic rings. The lowest BCUT2D eigenvalue weighted by Gasteiger charge is -2.19. The third-order valence-corrected chi connectivity index (χ3v) is 3.28. The minimum Gasteiger partial charge on any atom is -0.445 e. The van der Waals surface area contributed by atoms with Gasteiger partial charge in [-0.3, -0.25) is 4.79 Å². The Morgan fingerprint density at radius 1 is 1.30 bits per heavy atom.